The molecule has 170 valence electrons. The summed E-state index contributed by atoms with van der Waals surface area (Å²) in [5, 5.41) is 6.03. The van der Waals surface area contributed by atoms with Gasteiger partial charge in [-0.25, -0.2) is 4.79 Å². The Morgan fingerprint density at radius 1 is 1.06 bits per heavy atom. The summed E-state index contributed by atoms with van der Waals surface area (Å²) in [6.07, 6.45) is 3.95. The second kappa shape index (κ2) is 9.98. The van der Waals surface area contributed by atoms with Crippen LogP contribution in [0.25, 0.3) is 6.08 Å². The Bertz CT molecular complexity index is 1160. The molecule has 6 nitrogen and oxygen atoms in total. The number of carbonyl (C=O) groups excluding carboxylic acids is 1. The first-order valence-electron chi connectivity index (χ1n) is 10.5. The number of amides is 2. The van der Waals surface area contributed by atoms with E-state index in [1.165, 1.54) is 0 Å². The van der Waals surface area contributed by atoms with Crippen LogP contribution in [0.5, 0.6) is 11.5 Å². The van der Waals surface area contributed by atoms with Crippen molar-refractivity contribution >= 4 is 35.1 Å². The van der Waals surface area contributed by atoms with Gasteiger partial charge in [-0.1, -0.05) is 41.9 Å². The Balaban J connectivity index is 1.33. The van der Waals surface area contributed by atoms with E-state index < -0.39 is 5.60 Å². The van der Waals surface area contributed by atoms with Crippen LogP contribution in [0, 0.1) is 0 Å². The zero-order chi connectivity index (χ0) is 23.3. The first kappa shape index (κ1) is 22.7. The second-order valence-corrected chi connectivity index (χ2v) is 8.31. The van der Waals surface area contributed by atoms with Crippen LogP contribution in [0.4, 0.5) is 16.2 Å². The largest absolute Gasteiger partial charge is 0.497 e. The maximum Gasteiger partial charge on any atom is 0.323 e. The average molecular weight is 465 g/mol. The monoisotopic (exact) mass is 464 g/mol. The van der Waals surface area contributed by atoms with Crippen LogP contribution in [0.1, 0.15) is 18.1 Å². The molecule has 0 saturated carbocycles. The summed E-state index contributed by atoms with van der Waals surface area (Å²) in [6.45, 7) is 2.85. The molecule has 1 atom stereocenters. The zero-order valence-electron chi connectivity index (χ0n) is 18.4. The summed E-state index contributed by atoms with van der Waals surface area (Å²) in [5.74, 6) is 1.54. The molecule has 0 radical (unpaired) electrons. The van der Waals surface area contributed by atoms with Gasteiger partial charge in [0.1, 0.15) is 17.1 Å². The van der Waals surface area contributed by atoms with Crippen molar-refractivity contribution in [3.63, 3.8) is 0 Å². The molecule has 0 fully saturated rings. The van der Waals surface area contributed by atoms with Gasteiger partial charge < -0.3 is 24.8 Å². The van der Waals surface area contributed by atoms with Gasteiger partial charge in [0.2, 0.25) is 0 Å². The van der Waals surface area contributed by atoms with Crippen molar-refractivity contribution < 1.29 is 19.0 Å². The molecule has 4 rings (SSSR count). The number of ether oxygens (including phenoxy) is 3. The molecule has 0 spiro atoms. The number of fused-ring (bicyclic) bond motifs is 1. The third-order valence-corrected chi connectivity index (χ3v) is 5.49. The molecular formula is C26H25ClN2O4. The third kappa shape index (κ3) is 5.86. The van der Waals surface area contributed by atoms with E-state index in [4.69, 9.17) is 25.8 Å². The van der Waals surface area contributed by atoms with Gasteiger partial charge in [0.05, 0.1) is 31.0 Å². The maximum atomic E-state index is 12.3. The van der Waals surface area contributed by atoms with E-state index in [-0.39, 0.29) is 6.03 Å². The summed E-state index contributed by atoms with van der Waals surface area (Å²) in [7, 11) is 1.64. The Morgan fingerprint density at radius 2 is 1.85 bits per heavy atom. The fourth-order valence-electron chi connectivity index (χ4n) is 3.42. The highest BCUT2D eigenvalue weighted by molar-refractivity contribution is 6.33. The minimum Gasteiger partial charge on any atom is -0.497 e. The summed E-state index contributed by atoms with van der Waals surface area (Å²) in [5.41, 5.74) is 2.54. The van der Waals surface area contributed by atoms with Gasteiger partial charge in [-0.2, -0.15) is 0 Å². The topological polar surface area (TPSA) is 68.8 Å². The highest BCUT2D eigenvalue weighted by atomic mass is 35.5. The van der Waals surface area contributed by atoms with E-state index in [0.29, 0.717) is 29.6 Å². The minimum atomic E-state index is -0.587. The summed E-state index contributed by atoms with van der Waals surface area (Å²) in [4.78, 5) is 12.3. The number of para-hydroxylation sites is 1. The number of urea groups is 1. The summed E-state index contributed by atoms with van der Waals surface area (Å²) < 4.78 is 17.3. The maximum absolute atomic E-state index is 12.3. The number of halogens is 1. The molecule has 1 unspecified atom stereocenters. The van der Waals surface area contributed by atoms with Gasteiger partial charge in [0.25, 0.3) is 0 Å². The van der Waals surface area contributed by atoms with Gasteiger partial charge in [-0.05, 0) is 61.0 Å². The lowest BCUT2D eigenvalue weighted by molar-refractivity contribution is 0.00631. The smallest absolute Gasteiger partial charge is 0.323 e. The number of hydrogen-bond acceptors (Lipinski definition) is 4. The molecule has 0 saturated heterocycles. The van der Waals surface area contributed by atoms with Crippen molar-refractivity contribution in [2.45, 2.75) is 19.1 Å². The van der Waals surface area contributed by atoms with Gasteiger partial charge in [0, 0.05) is 11.3 Å². The fraction of sp³-hybridized carbons (Fsp3) is 0.192. The van der Waals surface area contributed by atoms with Crippen LogP contribution >= 0.6 is 11.6 Å². The molecule has 2 N–H and O–H groups in total. The Labute approximate surface area is 198 Å². The molecular weight excluding hydrogens is 440 g/mol. The molecule has 1 aliphatic rings. The molecule has 3 aromatic rings. The van der Waals surface area contributed by atoms with E-state index in [9.17, 15) is 4.79 Å². The number of methoxy groups -OCH3 is 1. The fourth-order valence-corrected chi connectivity index (χ4v) is 3.60. The summed E-state index contributed by atoms with van der Waals surface area (Å²) in [6, 6.07) is 20.0. The van der Waals surface area contributed by atoms with Gasteiger partial charge in [0.15, 0.2) is 0 Å². The number of anilines is 2. The Morgan fingerprint density at radius 3 is 2.61 bits per heavy atom. The zero-order valence-corrected chi connectivity index (χ0v) is 19.2. The first-order valence-corrected chi connectivity index (χ1v) is 10.9. The third-order valence-electron chi connectivity index (χ3n) is 5.16. The van der Waals surface area contributed by atoms with E-state index in [2.05, 4.69) is 10.6 Å². The van der Waals surface area contributed by atoms with E-state index >= 15 is 0 Å². The lowest BCUT2D eigenvalue weighted by Gasteiger charge is -2.31. The van der Waals surface area contributed by atoms with E-state index in [0.717, 1.165) is 22.6 Å². The standard InChI is InChI=1S/C26H25ClN2O4/c1-26(17-32-16-18-7-10-21(31-2)11-8-18)14-13-19-15-20(9-12-24(19)33-26)28-25(30)29-23-6-4-3-5-22(23)27/h3-15H,16-17H2,1-2H3,(H2,28,29,30). The highest BCUT2D eigenvalue weighted by Crippen LogP contribution is 2.33. The Kier molecular flexibility index (Phi) is 6.87. The number of nitrogens with one attached hydrogen (secondary N) is 2. The van der Waals surface area contributed by atoms with Gasteiger partial charge >= 0.3 is 6.03 Å². The molecule has 1 aliphatic heterocycles. The number of benzene rings is 3. The first-order chi connectivity index (χ1) is 15.9. The molecule has 2 amide bonds. The normalized spacial score (nSPS) is 16.5. The van der Waals surface area contributed by atoms with Crippen molar-refractivity contribution in [1.29, 1.82) is 0 Å². The molecule has 0 aromatic heterocycles. The molecule has 0 aliphatic carbocycles. The van der Waals surface area contributed by atoms with Crippen LogP contribution < -0.4 is 20.1 Å². The number of rotatable bonds is 7. The van der Waals surface area contributed by atoms with Crippen molar-refractivity contribution in [3.8, 4) is 11.5 Å². The molecule has 7 heteroatoms. The van der Waals surface area contributed by atoms with Crippen LogP contribution in [-0.2, 0) is 11.3 Å². The van der Waals surface area contributed by atoms with E-state index in [1.54, 1.807) is 37.4 Å². The predicted molar refractivity (Wildman–Crippen MR) is 131 cm³/mol. The average Bonchev–Trinajstić information content (AvgIpc) is 2.81. The SMILES string of the molecule is COc1ccc(COCC2(C)C=Cc3cc(NC(=O)Nc4ccccc4Cl)ccc3O2)cc1. The second-order valence-electron chi connectivity index (χ2n) is 7.90. The van der Waals surface area contributed by atoms with Crippen LogP contribution in [-0.4, -0.2) is 25.3 Å². The highest BCUT2D eigenvalue weighted by Gasteiger charge is 2.28. The minimum absolute atomic E-state index is 0.375. The molecule has 33 heavy (non-hydrogen) atoms. The predicted octanol–water partition coefficient (Wildman–Crippen LogP) is 6.37. The van der Waals surface area contributed by atoms with E-state index in [1.807, 2.05) is 55.5 Å². The molecule has 0 bridgehead atoms. The Hall–Kier alpha value is -3.48. The lowest BCUT2D eigenvalue weighted by Crippen LogP contribution is -2.37. The lowest BCUT2D eigenvalue weighted by atomic mass is 10.0. The molecule has 1 heterocycles. The summed E-state index contributed by atoms with van der Waals surface area (Å²) >= 11 is 6.09. The quantitative estimate of drug-likeness (QED) is 0.426. The van der Waals surface area contributed by atoms with Crippen LogP contribution in [0.15, 0.2) is 72.8 Å². The number of hydrogen-bond donors (Lipinski definition) is 2. The van der Waals surface area contributed by atoms with Gasteiger partial charge in [-0.15, -0.1) is 0 Å². The van der Waals surface area contributed by atoms with Crippen LogP contribution in [0.2, 0.25) is 5.02 Å². The van der Waals surface area contributed by atoms with Crippen molar-refractivity contribution in [3.05, 3.63) is 89.0 Å². The van der Waals surface area contributed by atoms with Crippen molar-refractivity contribution in [2.75, 3.05) is 24.4 Å². The van der Waals surface area contributed by atoms with Crippen LogP contribution in [0.3, 0.4) is 0 Å². The van der Waals surface area contributed by atoms with Crippen molar-refractivity contribution in [2.24, 2.45) is 0 Å². The van der Waals surface area contributed by atoms with Crippen molar-refractivity contribution in [1.82, 2.24) is 0 Å². The van der Waals surface area contributed by atoms with Gasteiger partial charge in [-0.3, -0.25) is 0 Å². The molecule has 3 aromatic carbocycles. The number of carbonyl (C=O) groups is 1.